The fraction of sp³-hybridized carbons (Fsp3) is 0.579. The summed E-state index contributed by atoms with van der Waals surface area (Å²) in [6.07, 6.45) is 5.83. The van der Waals surface area contributed by atoms with E-state index in [1.165, 1.54) is 12.8 Å². The van der Waals surface area contributed by atoms with Crippen molar-refractivity contribution in [1.29, 1.82) is 0 Å². The summed E-state index contributed by atoms with van der Waals surface area (Å²) in [5.41, 5.74) is 1.92. The molecule has 1 fully saturated rings. The van der Waals surface area contributed by atoms with E-state index in [9.17, 15) is 9.59 Å². The number of likely N-dealkylation sites (tertiary alicyclic amines) is 1. The van der Waals surface area contributed by atoms with Gasteiger partial charge >= 0.3 is 5.97 Å². The van der Waals surface area contributed by atoms with Crippen LogP contribution in [0.4, 0.5) is 0 Å². The van der Waals surface area contributed by atoms with Crippen molar-refractivity contribution in [1.82, 2.24) is 4.90 Å². The fourth-order valence-corrected chi connectivity index (χ4v) is 3.09. The van der Waals surface area contributed by atoms with Gasteiger partial charge in [-0.3, -0.25) is 14.5 Å². The molecule has 1 aromatic carbocycles. The molecule has 0 aromatic heterocycles. The number of carboxylic acid groups (broad SMARTS) is 1. The van der Waals surface area contributed by atoms with Crippen molar-refractivity contribution in [2.75, 3.05) is 13.1 Å². The first kappa shape index (κ1) is 17.7. The summed E-state index contributed by atoms with van der Waals surface area (Å²) in [5.74, 6) is -0.713. The number of rotatable bonds is 9. The molecule has 1 atom stereocenters. The topological polar surface area (TPSA) is 57.6 Å². The second kappa shape index (κ2) is 8.82. The van der Waals surface area contributed by atoms with Gasteiger partial charge in [0.2, 0.25) is 0 Å². The monoisotopic (exact) mass is 317 g/mol. The molecule has 0 radical (unpaired) electrons. The molecule has 1 heterocycles. The predicted molar refractivity (Wildman–Crippen MR) is 90.6 cm³/mol. The summed E-state index contributed by atoms with van der Waals surface area (Å²) in [4.78, 5) is 25.3. The van der Waals surface area contributed by atoms with E-state index in [2.05, 4.69) is 11.8 Å². The highest BCUT2D eigenvalue weighted by atomic mass is 16.4. The maximum Gasteiger partial charge on any atom is 0.307 e. The molecule has 1 saturated heterocycles. The minimum atomic E-state index is -0.698. The van der Waals surface area contributed by atoms with Gasteiger partial charge in [-0.1, -0.05) is 50.5 Å². The van der Waals surface area contributed by atoms with Gasteiger partial charge in [0.05, 0.1) is 5.92 Å². The fourth-order valence-electron chi connectivity index (χ4n) is 3.09. The Morgan fingerprint density at radius 1 is 1.17 bits per heavy atom. The number of ketones is 1. The van der Waals surface area contributed by atoms with Crippen LogP contribution >= 0.6 is 0 Å². The van der Waals surface area contributed by atoms with Crippen LogP contribution in [0, 0.1) is 5.92 Å². The van der Waals surface area contributed by atoms with Gasteiger partial charge in [-0.25, -0.2) is 0 Å². The van der Waals surface area contributed by atoms with Crippen molar-refractivity contribution in [2.45, 2.75) is 52.0 Å². The highest BCUT2D eigenvalue weighted by Crippen LogP contribution is 2.19. The summed E-state index contributed by atoms with van der Waals surface area (Å²) in [6.45, 7) is 4.37. The molecule has 4 heteroatoms. The lowest BCUT2D eigenvalue weighted by molar-refractivity contribution is -0.141. The van der Waals surface area contributed by atoms with E-state index in [4.69, 9.17) is 5.11 Å². The molecule has 4 nitrogen and oxygen atoms in total. The number of nitrogens with zero attached hydrogens (tertiary/aromatic N) is 1. The normalized spacial score (nSPS) is 18.2. The molecule has 126 valence electrons. The third kappa shape index (κ3) is 5.47. The molecule has 2 rings (SSSR count). The van der Waals surface area contributed by atoms with E-state index >= 15 is 0 Å². The van der Waals surface area contributed by atoms with Gasteiger partial charge in [0.1, 0.15) is 0 Å². The van der Waals surface area contributed by atoms with Crippen LogP contribution in [0.3, 0.4) is 0 Å². The Kier molecular flexibility index (Phi) is 6.78. The summed E-state index contributed by atoms with van der Waals surface area (Å²) in [6, 6.07) is 7.80. The average molecular weight is 317 g/mol. The Balaban J connectivity index is 1.80. The third-order valence-corrected chi connectivity index (χ3v) is 4.56. The largest absolute Gasteiger partial charge is 0.481 e. The van der Waals surface area contributed by atoms with Crippen LogP contribution in [0.5, 0.6) is 0 Å². The van der Waals surface area contributed by atoms with Gasteiger partial charge < -0.3 is 5.11 Å². The van der Waals surface area contributed by atoms with Gasteiger partial charge in [-0.05, 0) is 24.9 Å². The quantitative estimate of drug-likeness (QED) is 0.557. The van der Waals surface area contributed by atoms with Crippen LogP contribution in [-0.2, 0) is 11.3 Å². The smallest absolute Gasteiger partial charge is 0.307 e. The molecule has 1 aliphatic rings. The maximum atomic E-state index is 12.1. The molecule has 0 amide bonds. The van der Waals surface area contributed by atoms with Crippen molar-refractivity contribution < 1.29 is 14.7 Å². The number of aliphatic carboxylic acids is 1. The van der Waals surface area contributed by atoms with E-state index in [0.717, 1.165) is 43.5 Å². The zero-order chi connectivity index (χ0) is 16.7. The number of carbonyl (C=O) groups excluding carboxylic acids is 1. The molecule has 23 heavy (non-hydrogen) atoms. The second-order valence-electron chi connectivity index (χ2n) is 6.49. The summed E-state index contributed by atoms with van der Waals surface area (Å²) < 4.78 is 0. The highest BCUT2D eigenvalue weighted by Gasteiger charge is 2.27. The Hall–Kier alpha value is -1.68. The Morgan fingerprint density at radius 2 is 1.91 bits per heavy atom. The van der Waals surface area contributed by atoms with E-state index in [1.807, 2.05) is 24.3 Å². The minimum absolute atomic E-state index is 0.222. The van der Waals surface area contributed by atoms with Gasteiger partial charge in [-0.15, -0.1) is 0 Å². The first-order valence-corrected chi connectivity index (χ1v) is 8.67. The summed E-state index contributed by atoms with van der Waals surface area (Å²) in [7, 11) is 0. The number of carboxylic acids is 1. The molecule has 1 aromatic rings. The summed E-state index contributed by atoms with van der Waals surface area (Å²) >= 11 is 0. The van der Waals surface area contributed by atoms with Crippen molar-refractivity contribution in [3.8, 4) is 0 Å². The highest BCUT2D eigenvalue weighted by molar-refractivity contribution is 5.96. The first-order valence-electron chi connectivity index (χ1n) is 8.67. The standard InChI is InChI=1S/C19H27NO3/c1-2-3-4-5-6-18(21)16-9-7-15(8-10-16)13-20-12-11-17(14-20)19(22)23/h7-10,17H,2-6,11-14H2,1H3,(H,22,23). The SMILES string of the molecule is CCCCCCC(=O)c1ccc(CN2CCC(C(=O)O)C2)cc1. The van der Waals surface area contributed by atoms with Crippen LogP contribution in [0.15, 0.2) is 24.3 Å². The zero-order valence-electron chi connectivity index (χ0n) is 14.0. The number of carbonyl (C=O) groups is 2. The van der Waals surface area contributed by atoms with Crippen LogP contribution in [-0.4, -0.2) is 34.8 Å². The Labute approximate surface area is 138 Å². The van der Waals surface area contributed by atoms with E-state index in [0.29, 0.717) is 13.0 Å². The van der Waals surface area contributed by atoms with E-state index in [-0.39, 0.29) is 11.7 Å². The molecule has 1 aliphatic heterocycles. The zero-order valence-corrected chi connectivity index (χ0v) is 14.0. The minimum Gasteiger partial charge on any atom is -0.481 e. The molecule has 0 bridgehead atoms. The molecule has 0 saturated carbocycles. The Morgan fingerprint density at radius 3 is 2.52 bits per heavy atom. The lowest BCUT2D eigenvalue weighted by Crippen LogP contribution is -2.22. The van der Waals surface area contributed by atoms with Crippen LogP contribution in [0.1, 0.15) is 61.4 Å². The third-order valence-electron chi connectivity index (χ3n) is 4.56. The molecular weight excluding hydrogens is 290 g/mol. The van der Waals surface area contributed by atoms with E-state index in [1.54, 1.807) is 0 Å². The molecule has 0 spiro atoms. The number of hydrogen-bond acceptors (Lipinski definition) is 3. The van der Waals surface area contributed by atoms with Gasteiger partial charge in [0.25, 0.3) is 0 Å². The van der Waals surface area contributed by atoms with Gasteiger partial charge in [0, 0.05) is 25.1 Å². The predicted octanol–water partition coefficient (Wildman–Crippen LogP) is 3.75. The van der Waals surface area contributed by atoms with Gasteiger partial charge in [0.15, 0.2) is 5.78 Å². The molecule has 0 aliphatic carbocycles. The maximum absolute atomic E-state index is 12.1. The average Bonchev–Trinajstić information content (AvgIpc) is 3.01. The van der Waals surface area contributed by atoms with Crippen molar-refractivity contribution in [3.63, 3.8) is 0 Å². The first-order chi connectivity index (χ1) is 11.1. The lowest BCUT2D eigenvalue weighted by Gasteiger charge is -2.15. The molecular formula is C19H27NO3. The van der Waals surface area contributed by atoms with Crippen LogP contribution < -0.4 is 0 Å². The lowest BCUT2D eigenvalue weighted by atomic mass is 10.0. The second-order valence-corrected chi connectivity index (χ2v) is 6.49. The number of benzene rings is 1. The number of hydrogen-bond donors (Lipinski definition) is 1. The van der Waals surface area contributed by atoms with Gasteiger partial charge in [-0.2, -0.15) is 0 Å². The van der Waals surface area contributed by atoms with Crippen LogP contribution in [0.25, 0.3) is 0 Å². The van der Waals surface area contributed by atoms with Crippen molar-refractivity contribution in [3.05, 3.63) is 35.4 Å². The molecule has 1 N–H and O–H groups in total. The number of Topliss-reactive ketones (excluding diaryl/α,β-unsaturated/α-hetero) is 1. The van der Waals surface area contributed by atoms with Crippen molar-refractivity contribution in [2.24, 2.45) is 5.92 Å². The molecule has 1 unspecified atom stereocenters. The van der Waals surface area contributed by atoms with E-state index < -0.39 is 5.97 Å². The Bertz CT molecular complexity index is 524. The number of unbranched alkanes of at least 4 members (excludes halogenated alkanes) is 3. The van der Waals surface area contributed by atoms with Crippen LogP contribution in [0.2, 0.25) is 0 Å². The van der Waals surface area contributed by atoms with Crippen molar-refractivity contribution >= 4 is 11.8 Å². The summed E-state index contributed by atoms with van der Waals surface area (Å²) in [5, 5.41) is 9.03.